The van der Waals surface area contributed by atoms with Crippen LogP contribution in [0.2, 0.25) is 0 Å². The van der Waals surface area contributed by atoms with Gasteiger partial charge in [0.2, 0.25) is 11.8 Å². The molecule has 2 N–H and O–H groups in total. The Morgan fingerprint density at radius 2 is 1.63 bits per heavy atom. The summed E-state index contributed by atoms with van der Waals surface area (Å²) in [6.07, 6.45) is 2.35. The molecule has 7 nitrogen and oxygen atoms in total. The van der Waals surface area contributed by atoms with E-state index in [9.17, 15) is 9.59 Å². The third kappa shape index (κ3) is 5.91. The molecule has 7 heteroatoms. The lowest BCUT2D eigenvalue weighted by Gasteiger charge is -2.33. The minimum absolute atomic E-state index is 0.00933. The number of aromatic nitrogens is 2. The maximum Gasteiger partial charge on any atom is 0.227 e. The van der Waals surface area contributed by atoms with Crippen LogP contribution in [0.25, 0.3) is 5.69 Å². The molecule has 1 aliphatic rings. The Morgan fingerprint density at radius 3 is 2.26 bits per heavy atom. The Morgan fingerprint density at radius 1 is 1.00 bits per heavy atom. The van der Waals surface area contributed by atoms with Gasteiger partial charge in [-0.15, -0.1) is 0 Å². The molecule has 2 aromatic carbocycles. The van der Waals surface area contributed by atoms with Crippen LogP contribution in [-0.4, -0.2) is 41.2 Å². The van der Waals surface area contributed by atoms with Gasteiger partial charge in [0.15, 0.2) is 5.82 Å². The van der Waals surface area contributed by atoms with Gasteiger partial charge in [-0.3, -0.25) is 9.59 Å². The Hall–Kier alpha value is -3.61. The van der Waals surface area contributed by atoms with Crippen molar-refractivity contribution in [1.82, 2.24) is 15.1 Å². The number of piperidine rings is 1. The summed E-state index contributed by atoms with van der Waals surface area (Å²) in [4.78, 5) is 27.6. The first kappa shape index (κ1) is 24.5. The van der Waals surface area contributed by atoms with Crippen molar-refractivity contribution in [3.8, 4) is 5.69 Å². The number of hydrogen-bond donors (Lipinski definition) is 2. The monoisotopic (exact) mass is 473 g/mol. The fourth-order valence-electron chi connectivity index (χ4n) is 4.44. The van der Waals surface area contributed by atoms with Crippen molar-refractivity contribution in [1.29, 1.82) is 0 Å². The molecule has 0 atom stereocenters. The number of hydrogen-bond acceptors (Lipinski definition) is 4. The Labute approximate surface area is 207 Å². The quantitative estimate of drug-likeness (QED) is 0.510. The molecule has 184 valence electrons. The van der Waals surface area contributed by atoms with Crippen LogP contribution in [0.5, 0.6) is 0 Å². The van der Waals surface area contributed by atoms with E-state index in [1.54, 1.807) is 0 Å². The molecule has 0 aliphatic carbocycles. The van der Waals surface area contributed by atoms with Crippen molar-refractivity contribution in [3.05, 3.63) is 71.9 Å². The number of anilines is 2. The molecule has 0 radical (unpaired) electrons. The van der Waals surface area contributed by atoms with Crippen molar-refractivity contribution in [2.75, 3.05) is 29.9 Å². The first-order valence-electron chi connectivity index (χ1n) is 12.5. The highest BCUT2D eigenvalue weighted by molar-refractivity contribution is 5.96. The minimum Gasteiger partial charge on any atom is -0.356 e. The van der Waals surface area contributed by atoms with Crippen LogP contribution in [0.15, 0.2) is 60.7 Å². The zero-order valence-corrected chi connectivity index (χ0v) is 20.8. The second-order valence-corrected chi connectivity index (χ2v) is 9.46. The highest BCUT2D eigenvalue weighted by Gasteiger charge is 2.30. The molecule has 1 fully saturated rings. The summed E-state index contributed by atoms with van der Waals surface area (Å²) >= 11 is 0. The molecule has 2 amide bonds. The number of carbonyl (C=O) groups excluding carboxylic acids is 2. The fourth-order valence-corrected chi connectivity index (χ4v) is 4.44. The van der Waals surface area contributed by atoms with E-state index in [0.717, 1.165) is 55.2 Å². The zero-order chi connectivity index (χ0) is 24.8. The van der Waals surface area contributed by atoms with Crippen LogP contribution in [-0.2, 0) is 16.0 Å². The van der Waals surface area contributed by atoms with Crippen LogP contribution >= 0.6 is 0 Å². The molecular weight excluding hydrogens is 438 g/mol. The second kappa shape index (κ2) is 11.2. The first-order valence-corrected chi connectivity index (χ1v) is 12.5. The van der Waals surface area contributed by atoms with E-state index in [2.05, 4.69) is 27.7 Å². The Balaban J connectivity index is 1.46. The summed E-state index contributed by atoms with van der Waals surface area (Å²) in [5, 5.41) is 11.0. The maximum absolute atomic E-state index is 12.8. The number of benzene rings is 2. The van der Waals surface area contributed by atoms with E-state index in [-0.39, 0.29) is 23.7 Å². The minimum atomic E-state index is -0.132. The molecule has 0 unspecified atom stereocenters. The van der Waals surface area contributed by atoms with E-state index < -0.39 is 0 Å². The Kier molecular flexibility index (Phi) is 7.85. The van der Waals surface area contributed by atoms with Gasteiger partial charge in [-0.25, -0.2) is 4.68 Å². The van der Waals surface area contributed by atoms with Crippen LogP contribution in [0, 0.1) is 18.8 Å². The predicted octanol–water partition coefficient (Wildman–Crippen LogP) is 4.35. The van der Waals surface area contributed by atoms with E-state index >= 15 is 0 Å². The number of amides is 2. The topological polar surface area (TPSA) is 79.3 Å². The van der Waals surface area contributed by atoms with Gasteiger partial charge < -0.3 is 15.5 Å². The van der Waals surface area contributed by atoms with E-state index in [1.807, 2.05) is 74.0 Å². The van der Waals surface area contributed by atoms with Gasteiger partial charge >= 0.3 is 0 Å². The van der Waals surface area contributed by atoms with Gasteiger partial charge in [-0.2, -0.15) is 5.10 Å². The van der Waals surface area contributed by atoms with E-state index in [1.165, 1.54) is 5.56 Å². The van der Waals surface area contributed by atoms with Crippen LogP contribution in [0.4, 0.5) is 11.5 Å². The number of nitrogens with one attached hydrogen (secondary N) is 2. The lowest BCUT2D eigenvalue weighted by molar-refractivity contribution is -0.125. The normalized spacial score (nSPS) is 14.2. The lowest BCUT2D eigenvalue weighted by Crippen LogP contribution is -2.42. The van der Waals surface area contributed by atoms with E-state index in [0.29, 0.717) is 6.54 Å². The van der Waals surface area contributed by atoms with Gasteiger partial charge in [0.1, 0.15) is 5.69 Å². The average Bonchev–Trinajstić information content (AvgIpc) is 3.21. The molecule has 4 rings (SSSR count). The smallest absolute Gasteiger partial charge is 0.227 e. The molecule has 1 aromatic heterocycles. The van der Waals surface area contributed by atoms with Gasteiger partial charge in [0.05, 0.1) is 11.4 Å². The summed E-state index contributed by atoms with van der Waals surface area (Å²) in [6.45, 7) is 7.78. The van der Waals surface area contributed by atoms with Gasteiger partial charge in [0.25, 0.3) is 0 Å². The molecule has 1 aliphatic heterocycles. The number of nitrogens with zero attached hydrogens (tertiary/aromatic N) is 3. The second-order valence-electron chi connectivity index (χ2n) is 9.46. The van der Waals surface area contributed by atoms with Gasteiger partial charge in [-0.1, -0.05) is 62.4 Å². The molecule has 0 spiro atoms. The van der Waals surface area contributed by atoms with Gasteiger partial charge in [-0.05, 0) is 43.9 Å². The molecule has 0 bridgehead atoms. The molecule has 35 heavy (non-hydrogen) atoms. The maximum atomic E-state index is 12.8. The summed E-state index contributed by atoms with van der Waals surface area (Å²) in [6, 6.07) is 20.2. The average molecular weight is 474 g/mol. The lowest BCUT2D eigenvalue weighted by atomic mass is 9.95. The summed E-state index contributed by atoms with van der Waals surface area (Å²) in [7, 11) is 0. The van der Waals surface area contributed by atoms with Crippen molar-refractivity contribution >= 4 is 23.3 Å². The highest BCUT2D eigenvalue weighted by Crippen LogP contribution is 2.35. The highest BCUT2D eigenvalue weighted by atomic mass is 16.2. The van der Waals surface area contributed by atoms with Crippen molar-refractivity contribution in [2.24, 2.45) is 11.8 Å². The zero-order valence-electron chi connectivity index (χ0n) is 20.8. The van der Waals surface area contributed by atoms with Crippen molar-refractivity contribution < 1.29 is 9.59 Å². The fraction of sp³-hybridized carbons (Fsp3) is 0.393. The third-order valence-corrected chi connectivity index (χ3v) is 6.53. The molecule has 0 saturated carbocycles. The van der Waals surface area contributed by atoms with Crippen molar-refractivity contribution in [3.63, 3.8) is 0 Å². The van der Waals surface area contributed by atoms with Crippen LogP contribution < -0.4 is 15.5 Å². The molecular formula is C28H35N5O2. The number of rotatable bonds is 8. The summed E-state index contributed by atoms with van der Waals surface area (Å²) in [5.74, 6) is 0.833. The predicted molar refractivity (Wildman–Crippen MR) is 140 cm³/mol. The standard InChI is InChI=1S/C28H35N5O2/c1-20(2)26(34)30-25-21(3)31-33(24-12-8-5-9-13-24)28(25)32-18-15-23(16-19-32)27(35)29-17-14-22-10-6-4-7-11-22/h4-13,20,23H,14-19H2,1-3H3,(H,29,35)(H,30,34). The summed E-state index contributed by atoms with van der Waals surface area (Å²) < 4.78 is 1.91. The summed E-state index contributed by atoms with van der Waals surface area (Å²) in [5.41, 5.74) is 3.69. The Bertz CT molecular complexity index is 1130. The van der Waals surface area contributed by atoms with Gasteiger partial charge in [0, 0.05) is 31.5 Å². The third-order valence-electron chi connectivity index (χ3n) is 6.53. The number of carbonyl (C=O) groups is 2. The molecule has 3 aromatic rings. The first-order chi connectivity index (χ1) is 16.9. The van der Waals surface area contributed by atoms with Crippen LogP contribution in [0.1, 0.15) is 37.9 Å². The van der Waals surface area contributed by atoms with E-state index in [4.69, 9.17) is 5.10 Å². The van der Waals surface area contributed by atoms with Crippen LogP contribution in [0.3, 0.4) is 0 Å². The largest absolute Gasteiger partial charge is 0.356 e. The molecule has 2 heterocycles. The SMILES string of the molecule is Cc1nn(-c2ccccc2)c(N2CCC(C(=O)NCCc3ccccc3)CC2)c1NC(=O)C(C)C. The molecule has 1 saturated heterocycles. The number of aryl methyl sites for hydroxylation is 1. The number of para-hydroxylation sites is 1. The van der Waals surface area contributed by atoms with Crippen molar-refractivity contribution in [2.45, 2.75) is 40.0 Å².